The van der Waals surface area contributed by atoms with Crippen LogP contribution in [0.5, 0.6) is 0 Å². The number of carbonyl (C=O) groups is 3. The summed E-state index contributed by atoms with van der Waals surface area (Å²) in [4.78, 5) is 33.8. The minimum atomic E-state index is -1.32. The second-order valence-electron chi connectivity index (χ2n) is 3.77. The zero-order valence-electron chi connectivity index (χ0n) is 10.1. The van der Waals surface area contributed by atoms with Crippen molar-refractivity contribution in [1.82, 2.24) is 4.90 Å². The minimum absolute atomic E-state index is 0.141. The highest BCUT2D eigenvalue weighted by Gasteiger charge is 2.19. The summed E-state index contributed by atoms with van der Waals surface area (Å²) in [6, 6.07) is 2.98. The molecule has 0 heterocycles. The number of urea groups is 1. The summed E-state index contributed by atoms with van der Waals surface area (Å²) >= 11 is 3.05. The molecule has 108 valence electrons. The molecule has 0 aliphatic rings. The Kier molecular flexibility index (Phi) is 5.44. The molecule has 20 heavy (non-hydrogen) atoms. The van der Waals surface area contributed by atoms with Gasteiger partial charge >= 0.3 is 12.0 Å². The number of halogens is 2. The molecular formula is C11H11BrFN3O4. The van der Waals surface area contributed by atoms with Crippen molar-refractivity contribution < 1.29 is 23.9 Å². The van der Waals surface area contributed by atoms with E-state index in [0.29, 0.717) is 9.37 Å². The first-order chi connectivity index (χ1) is 9.29. The van der Waals surface area contributed by atoms with E-state index in [-0.39, 0.29) is 5.69 Å². The number of carbonyl (C=O) groups excluding carboxylic acids is 2. The van der Waals surface area contributed by atoms with Crippen molar-refractivity contribution in [2.75, 3.05) is 18.4 Å². The summed E-state index contributed by atoms with van der Waals surface area (Å²) in [6.45, 7) is -1.32. The van der Waals surface area contributed by atoms with Crippen LogP contribution in [-0.4, -0.2) is 41.0 Å². The van der Waals surface area contributed by atoms with E-state index in [1.807, 2.05) is 0 Å². The molecule has 7 nitrogen and oxygen atoms in total. The molecule has 1 rings (SSSR count). The number of nitrogens with two attached hydrogens (primary N) is 1. The van der Waals surface area contributed by atoms with Gasteiger partial charge in [0.15, 0.2) is 0 Å². The maximum atomic E-state index is 13.5. The average Bonchev–Trinajstić information content (AvgIpc) is 2.30. The van der Waals surface area contributed by atoms with E-state index in [9.17, 15) is 18.8 Å². The van der Waals surface area contributed by atoms with Gasteiger partial charge in [-0.3, -0.25) is 9.59 Å². The summed E-state index contributed by atoms with van der Waals surface area (Å²) in [7, 11) is 0. The number of anilines is 1. The van der Waals surface area contributed by atoms with Gasteiger partial charge in [-0.05, 0) is 18.2 Å². The molecule has 4 N–H and O–H groups in total. The topological polar surface area (TPSA) is 113 Å². The molecule has 3 amide bonds. The quantitative estimate of drug-likeness (QED) is 0.737. The predicted molar refractivity (Wildman–Crippen MR) is 71.5 cm³/mol. The summed E-state index contributed by atoms with van der Waals surface area (Å²) in [5.74, 6) is -2.91. The molecular weight excluding hydrogens is 337 g/mol. The number of nitrogens with one attached hydrogen (secondary N) is 1. The third-order valence-corrected chi connectivity index (χ3v) is 2.63. The normalized spacial score (nSPS) is 9.90. The minimum Gasteiger partial charge on any atom is -0.480 e. The van der Waals surface area contributed by atoms with Gasteiger partial charge in [0.25, 0.3) is 0 Å². The second-order valence-corrected chi connectivity index (χ2v) is 4.69. The number of amides is 3. The van der Waals surface area contributed by atoms with Gasteiger partial charge in [0, 0.05) is 4.47 Å². The van der Waals surface area contributed by atoms with Gasteiger partial charge in [-0.25, -0.2) is 9.18 Å². The Morgan fingerprint density at radius 3 is 2.50 bits per heavy atom. The van der Waals surface area contributed by atoms with Gasteiger partial charge in [0.1, 0.15) is 18.9 Å². The van der Waals surface area contributed by atoms with E-state index in [2.05, 4.69) is 21.2 Å². The number of rotatable bonds is 5. The first kappa shape index (κ1) is 15.9. The molecule has 0 unspecified atom stereocenters. The lowest BCUT2D eigenvalue weighted by Gasteiger charge is -2.19. The maximum Gasteiger partial charge on any atom is 0.323 e. The van der Waals surface area contributed by atoms with Gasteiger partial charge < -0.3 is 21.1 Å². The van der Waals surface area contributed by atoms with Crippen molar-refractivity contribution in [3.05, 3.63) is 28.5 Å². The Balaban J connectivity index is 2.84. The van der Waals surface area contributed by atoms with Crippen LogP contribution in [0.25, 0.3) is 0 Å². The molecule has 1 aromatic rings. The summed E-state index contributed by atoms with van der Waals surface area (Å²) in [5.41, 5.74) is 4.78. The van der Waals surface area contributed by atoms with Crippen LogP contribution >= 0.6 is 15.9 Å². The number of hydrogen-bond acceptors (Lipinski definition) is 3. The first-order valence-electron chi connectivity index (χ1n) is 5.30. The van der Waals surface area contributed by atoms with Crippen LogP contribution < -0.4 is 11.1 Å². The van der Waals surface area contributed by atoms with Crippen molar-refractivity contribution in [2.24, 2.45) is 5.73 Å². The zero-order valence-corrected chi connectivity index (χ0v) is 11.7. The third kappa shape index (κ3) is 4.84. The molecule has 0 radical (unpaired) electrons. The van der Waals surface area contributed by atoms with Crippen LogP contribution in [-0.2, 0) is 9.59 Å². The number of primary amides is 1. The Bertz CT molecular complexity index is 536. The number of nitrogens with zero attached hydrogens (tertiary/aromatic N) is 1. The fourth-order valence-electron chi connectivity index (χ4n) is 1.34. The lowest BCUT2D eigenvalue weighted by molar-refractivity contribution is -0.137. The SMILES string of the molecule is NC(=O)CN(CC(=O)O)C(=O)Nc1ccc(Br)cc1F. The molecule has 0 atom stereocenters. The highest BCUT2D eigenvalue weighted by molar-refractivity contribution is 9.10. The number of carboxylic acids is 1. The average molecular weight is 348 g/mol. The van der Waals surface area contributed by atoms with E-state index in [1.54, 1.807) is 0 Å². The Labute approximate surface area is 121 Å². The lowest BCUT2D eigenvalue weighted by Crippen LogP contribution is -2.43. The zero-order chi connectivity index (χ0) is 15.3. The molecule has 0 aromatic heterocycles. The van der Waals surface area contributed by atoms with Crippen LogP contribution in [0.1, 0.15) is 0 Å². The molecule has 0 saturated carbocycles. The van der Waals surface area contributed by atoms with E-state index < -0.39 is 36.8 Å². The third-order valence-electron chi connectivity index (χ3n) is 2.13. The molecule has 0 aliphatic heterocycles. The van der Waals surface area contributed by atoms with Crippen LogP contribution in [0.2, 0.25) is 0 Å². The molecule has 0 aliphatic carbocycles. The molecule has 0 bridgehead atoms. The molecule has 0 spiro atoms. The first-order valence-corrected chi connectivity index (χ1v) is 6.10. The summed E-state index contributed by atoms with van der Waals surface area (Å²) < 4.78 is 14.0. The van der Waals surface area contributed by atoms with E-state index in [0.717, 1.165) is 6.07 Å². The monoisotopic (exact) mass is 347 g/mol. The van der Waals surface area contributed by atoms with Crippen LogP contribution in [0.3, 0.4) is 0 Å². The number of carboxylic acid groups (broad SMARTS) is 1. The predicted octanol–water partition coefficient (Wildman–Crippen LogP) is 0.992. The fourth-order valence-corrected chi connectivity index (χ4v) is 1.67. The fraction of sp³-hybridized carbons (Fsp3) is 0.182. The van der Waals surface area contributed by atoms with E-state index in [1.165, 1.54) is 12.1 Å². The summed E-state index contributed by atoms with van der Waals surface area (Å²) in [5, 5.41) is 10.8. The standard InChI is InChI=1S/C11H11BrFN3O4/c12-6-1-2-8(7(13)3-6)15-11(20)16(4-9(14)17)5-10(18)19/h1-3H,4-5H2,(H2,14,17)(H,15,20)(H,18,19). The van der Waals surface area contributed by atoms with Gasteiger partial charge in [0.2, 0.25) is 5.91 Å². The number of benzene rings is 1. The van der Waals surface area contributed by atoms with Crippen molar-refractivity contribution in [3.63, 3.8) is 0 Å². The smallest absolute Gasteiger partial charge is 0.323 e. The van der Waals surface area contributed by atoms with Crippen molar-refractivity contribution >= 4 is 39.5 Å². The maximum absolute atomic E-state index is 13.5. The lowest BCUT2D eigenvalue weighted by atomic mass is 10.3. The van der Waals surface area contributed by atoms with Gasteiger partial charge in [0.05, 0.1) is 5.69 Å². The van der Waals surface area contributed by atoms with Crippen LogP contribution in [0.15, 0.2) is 22.7 Å². The highest BCUT2D eigenvalue weighted by atomic mass is 79.9. The van der Waals surface area contributed by atoms with Crippen molar-refractivity contribution in [1.29, 1.82) is 0 Å². The molecule has 9 heteroatoms. The number of hydrogen-bond donors (Lipinski definition) is 3. The molecule has 0 saturated heterocycles. The van der Waals surface area contributed by atoms with Crippen molar-refractivity contribution in [2.45, 2.75) is 0 Å². The second kappa shape index (κ2) is 6.85. The Morgan fingerprint density at radius 2 is 2.00 bits per heavy atom. The van der Waals surface area contributed by atoms with Crippen LogP contribution in [0.4, 0.5) is 14.9 Å². The van der Waals surface area contributed by atoms with E-state index >= 15 is 0 Å². The van der Waals surface area contributed by atoms with Gasteiger partial charge in [-0.15, -0.1) is 0 Å². The van der Waals surface area contributed by atoms with E-state index in [4.69, 9.17) is 10.8 Å². The van der Waals surface area contributed by atoms with Gasteiger partial charge in [-0.1, -0.05) is 15.9 Å². The highest BCUT2D eigenvalue weighted by Crippen LogP contribution is 2.19. The summed E-state index contributed by atoms with van der Waals surface area (Å²) in [6.07, 6.45) is 0. The molecule has 1 aromatic carbocycles. The molecule has 0 fully saturated rings. The van der Waals surface area contributed by atoms with Crippen LogP contribution in [0, 0.1) is 5.82 Å². The Morgan fingerprint density at radius 1 is 1.35 bits per heavy atom. The Hall–Kier alpha value is -2.16. The van der Waals surface area contributed by atoms with Crippen molar-refractivity contribution in [3.8, 4) is 0 Å². The number of aliphatic carboxylic acids is 1. The van der Waals surface area contributed by atoms with Gasteiger partial charge in [-0.2, -0.15) is 0 Å². The largest absolute Gasteiger partial charge is 0.480 e.